The fourth-order valence-corrected chi connectivity index (χ4v) is 3.22. The lowest BCUT2D eigenvalue weighted by Crippen LogP contribution is -2.03. The van der Waals surface area contributed by atoms with Crippen LogP contribution in [0.2, 0.25) is 0 Å². The topological polar surface area (TPSA) is 83.1 Å². The summed E-state index contributed by atoms with van der Waals surface area (Å²) in [5, 5.41) is 20.2. The Kier molecular flexibility index (Phi) is 5.52. The molecule has 0 spiro atoms. The van der Waals surface area contributed by atoms with Gasteiger partial charge in [0.1, 0.15) is 0 Å². The van der Waals surface area contributed by atoms with Crippen molar-refractivity contribution in [1.82, 2.24) is 14.8 Å². The van der Waals surface area contributed by atoms with Crippen molar-refractivity contribution in [2.75, 3.05) is 12.4 Å². The molecule has 0 atom stereocenters. The van der Waals surface area contributed by atoms with Crippen molar-refractivity contribution in [2.24, 2.45) is 7.05 Å². The number of hydrogen-bond acceptors (Lipinski definition) is 6. The van der Waals surface area contributed by atoms with Crippen molar-refractivity contribution in [3.05, 3.63) is 64.2 Å². The zero-order valence-electron chi connectivity index (χ0n) is 14.5. The van der Waals surface area contributed by atoms with Crippen LogP contribution in [0.25, 0.3) is 11.4 Å². The smallest absolute Gasteiger partial charge is 0.310 e. The van der Waals surface area contributed by atoms with Crippen LogP contribution in [-0.4, -0.2) is 32.0 Å². The second-order valence-electron chi connectivity index (χ2n) is 5.66. The summed E-state index contributed by atoms with van der Waals surface area (Å²) >= 11 is 1.49. The minimum Gasteiger partial charge on any atom is -0.486 e. The second kappa shape index (κ2) is 8.01. The number of nitro groups is 1. The first kappa shape index (κ1) is 17.9. The van der Waals surface area contributed by atoms with E-state index in [1.807, 2.05) is 36.7 Å². The van der Waals surface area contributed by atoms with E-state index in [4.69, 9.17) is 4.74 Å². The number of rotatable bonds is 7. The van der Waals surface area contributed by atoms with Gasteiger partial charge >= 0.3 is 5.69 Å². The van der Waals surface area contributed by atoms with Crippen LogP contribution in [0.5, 0.6) is 5.75 Å². The van der Waals surface area contributed by atoms with Crippen molar-refractivity contribution < 1.29 is 9.66 Å². The summed E-state index contributed by atoms with van der Waals surface area (Å²) in [5.41, 5.74) is 2.15. The number of ether oxygens (including phenoxy) is 1. The molecule has 3 rings (SSSR count). The van der Waals surface area contributed by atoms with Crippen LogP contribution in [0.4, 0.5) is 5.69 Å². The summed E-state index contributed by atoms with van der Waals surface area (Å²) in [5.74, 6) is 1.68. The molecule has 26 heavy (non-hydrogen) atoms. The van der Waals surface area contributed by atoms with Crippen molar-refractivity contribution in [3.8, 4) is 17.1 Å². The van der Waals surface area contributed by atoms with E-state index in [0.717, 1.165) is 22.1 Å². The van der Waals surface area contributed by atoms with E-state index in [-0.39, 0.29) is 11.4 Å². The Balaban J connectivity index is 1.61. The second-order valence-corrected chi connectivity index (χ2v) is 6.72. The monoisotopic (exact) mass is 370 g/mol. The number of para-hydroxylation sites is 2. The number of aromatic nitrogens is 3. The summed E-state index contributed by atoms with van der Waals surface area (Å²) in [7, 11) is 1.92. The third-order valence-electron chi connectivity index (χ3n) is 3.75. The van der Waals surface area contributed by atoms with E-state index >= 15 is 0 Å². The molecule has 2 aromatic carbocycles. The van der Waals surface area contributed by atoms with Gasteiger partial charge in [-0.15, -0.1) is 10.2 Å². The van der Waals surface area contributed by atoms with E-state index in [1.54, 1.807) is 18.2 Å². The molecule has 0 unspecified atom stereocenters. The lowest BCUT2D eigenvalue weighted by Gasteiger charge is -2.07. The van der Waals surface area contributed by atoms with Gasteiger partial charge in [-0.05, 0) is 19.1 Å². The Morgan fingerprint density at radius 1 is 1.19 bits per heavy atom. The number of nitro benzene ring substituents is 1. The first-order chi connectivity index (χ1) is 12.6. The van der Waals surface area contributed by atoms with E-state index in [0.29, 0.717) is 12.4 Å². The molecule has 1 aromatic heterocycles. The SMILES string of the molecule is Cc1cccc(-c2nnc(SCCOc3ccccc3[N+](=O)[O-])n2C)c1. The predicted octanol–water partition coefficient (Wildman–Crippen LogP) is 3.87. The summed E-state index contributed by atoms with van der Waals surface area (Å²) in [6.45, 7) is 2.37. The van der Waals surface area contributed by atoms with Gasteiger partial charge in [0.05, 0.1) is 11.5 Å². The molecule has 0 bridgehead atoms. The third kappa shape index (κ3) is 4.02. The molecular formula is C18H18N4O3S. The minimum absolute atomic E-state index is 0.0297. The molecule has 3 aromatic rings. The highest BCUT2D eigenvalue weighted by molar-refractivity contribution is 7.99. The van der Waals surface area contributed by atoms with Gasteiger partial charge in [0.25, 0.3) is 0 Å². The molecule has 0 N–H and O–H groups in total. The fourth-order valence-electron chi connectivity index (χ4n) is 2.49. The van der Waals surface area contributed by atoms with Gasteiger partial charge in [-0.1, -0.05) is 47.7 Å². The van der Waals surface area contributed by atoms with Gasteiger partial charge in [0, 0.05) is 24.4 Å². The molecular weight excluding hydrogens is 352 g/mol. The Morgan fingerprint density at radius 2 is 2.00 bits per heavy atom. The summed E-state index contributed by atoms with van der Waals surface area (Å²) in [6, 6.07) is 14.5. The molecule has 0 aliphatic rings. The molecule has 0 radical (unpaired) electrons. The van der Waals surface area contributed by atoms with Crippen molar-refractivity contribution in [1.29, 1.82) is 0 Å². The maximum Gasteiger partial charge on any atom is 0.310 e. The Bertz CT molecular complexity index is 926. The van der Waals surface area contributed by atoms with Gasteiger partial charge in [-0.25, -0.2) is 0 Å². The lowest BCUT2D eigenvalue weighted by atomic mass is 10.1. The fraction of sp³-hybridized carbons (Fsp3) is 0.222. The Labute approximate surface area is 155 Å². The highest BCUT2D eigenvalue weighted by atomic mass is 32.2. The standard InChI is InChI=1S/C18H18N4O3S/c1-13-6-5-7-14(12-13)17-19-20-18(21(17)2)26-11-10-25-16-9-4-3-8-15(16)22(23)24/h3-9,12H,10-11H2,1-2H3. The maximum atomic E-state index is 11.0. The zero-order valence-corrected chi connectivity index (χ0v) is 15.3. The van der Waals surface area contributed by atoms with Crippen LogP contribution >= 0.6 is 11.8 Å². The Hall–Kier alpha value is -2.87. The number of nitrogens with zero attached hydrogens (tertiary/aromatic N) is 4. The van der Waals surface area contributed by atoms with Crippen LogP contribution in [0, 0.1) is 17.0 Å². The van der Waals surface area contributed by atoms with Crippen LogP contribution in [-0.2, 0) is 7.05 Å². The number of hydrogen-bond donors (Lipinski definition) is 0. The van der Waals surface area contributed by atoms with Crippen LogP contribution < -0.4 is 4.74 Å². The number of aryl methyl sites for hydroxylation is 1. The van der Waals surface area contributed by atoms with E-state index in [1.165, 1.54) is 17.8 Å². The van der Waals surface area contributed by atoms with Crippen molar-refractivity contribution in [3.63, 3.8) is 0 Å². The van der Waals surface area contributed by atoms with Crippen molar-refractivity contribution >= 4 is 17.4 Å². The van der Waals surface area contributed by atoms with Gasteiger partial charge in [-0.2, -0.15) is 0 Å². The Morgan fingerprint density at radius 3 is 2.77 bits per heavy atom. The maximum absolute atomic E-state index is 11.0. The molecule has 7 nitrogen and oxygen atoms in total. The molecule has 8 heteroatoms. The molecule has 0 aliphatic heterocycles. The summed E-state index contributed by atoms with van der Waals surface area (Å²) in [6.07, 6.45) is 0. The van der Waals surface area contributed by atoms with Crippen molar-refractivity contribution in [2.45, 2.75) is 12.1 Å². The molecule has 0 fully saturated rings. The molecule has 134 valence electrons. The quantitative estimate of drug-likeness (QED) is 0.272. The molecule has 0 aliphatic carbocycles. The van der Waals surface area contributed by atoms with E-state index < -0.39 is 4.92 Å². The van der Waals surface area contributed by atoms with Gasteiger partial charge in [0.15, 0.2) is 16.7 Å². The summed E-state index contributed by atoms with van der Waals surface area (Å²) < 4.78 is 7.48. The highest BCUT2D eigenvalue weighted by Crippen LogP contribution is 2.27. The zero-order chi connectivity index (χ0) is 18.5. The molecule has 0 amide bonds. The average molecular weight is 370 g/mol. The number of thioether (sulfide) groups is 1. The number of benzene rings is 2. The van der Waals surface area contributed by atoms with Crippen LogP contribution in [0.1, 0.15) is 5.56 Å². The molecule has 1 heterocycles. The summed E-state index contributed by atoms with van der Waals surface area (Å²) in [4.78, 5) is 10.5. The van der Waals surface area contributed by atoms with Gasteiger partial charge < -0.3 is 9.30 Å². The largest absolute Gasteiger partial charge is 0.486 e. The van der Waals surface area contributed by atoms with E-state index in [2.05, 4.69) is 16.3 Å². The first-order valence-corrected chi connectivity index (χ1v) is 9.00. The first-order valence-electron chi connectivity index (χ1n) is 8.01. The predicted molar refractivity (Wildman–Crippen MR) is 100 cm³/mol. The highest BCUT2D eigenvalue weighted by Gasteiger charge is 2.14. The van der Waals surface area contributed by atoms with Crippen LogP contribution in [0.15, 0.2) is 53.7 Å². The minimum atomic E-state index is -0.445. The third-order valence-corrected chi connectivity index (χ3v) is 4.73. The average Bonchev–Trinajstić information content (AvgIpc) is 2.99. The lowest BCUT2D eigenvalue weighted by molar-refractivity contribution is -0.385. The van der Waals surface area contributed by atoms with Gasteiger partial charge in [0.2, 0.25) is 0 Å². The van der Waals surface area contributed by atoms with E-state index in [9.17, 15) is 10.1 Å². The van der Waals surface area contributed by atoms with Gasteiger partial charge in [-0.3, -0.25) is 10.1 Å². The molecule has 0 saturated heterocycles. The normalized spacial score (nSPS) is 10.7. The van der Waals surface area contributed by atoms with Crippen LogP contribution in [0.3, 0.4) is 0 Å². The molecule has 0 saturated carbocycles.